The second-order valence-corrected chi connectivity index (χ2v) is 6.98. The highest BCUT2D eigenvalue weighted by Gasteiger charge is 2.24. The van der Waals surface area contributed by atoms with Gasteiger partial charge in [0.2, 0.25) is 0 Å². The van der Waals surface area contributed by atoms with Crippen molar-refractivity contribution >= 4 is 27.5 Å². The summed E-state index contributed by atoms with van der Waals surface area (Å²) < 4.78 is 8.30. The van der Waals surface area contributed by atoms with Crippen LogP contribution in [0.15, 0.2) is 33.5 Å². The molecule has 1 aromatic carbocycles. The first-order chi connectivity index (χ1) is 12.0. The number of carbonyl (C=O) groups excluding carboxylic acids is 1. The minimum atomic E-state index is -0.240. The molecule has 2 aromatic rings. The number of hydrogen-bond donors (Lipinski definition) is 1. The first-order valence-electron chi connectivity index (χ1n) is 8.48. The molecule has 25 heavy (non-hydrogen) atoms. The molecule has 3 rings (SSSR count). The van der Waals surface area contributed by atoms with Gasteiger partial charge >= 0.3 is 0 Å². The number of aryl methyl sites for hydroxylation is 1. The highest BCUT2D eigenvalue weighted by molar-refractivity contribution is 9.10. The number of aromatic nitrogens is 1. The first-order valence-corrected chi connectivity index (χ1v) is 9.27. The SMILES string of the molecule is CCOc1cc(=O)n2c(c1C(=O)Nc1ccc(Br)c(C)c1)CCCC2. The Morgan fingerprint density at radius 1 is 1.32 bits per heavy atom. The van der Waals surface area contributed by atoms with Crippen LogP contribution in [0.5, 0.6) is 5.75 Å². The number of halogens is 1. The molecule has 0 unspecified atom stereocenters. The average molecular weight is 405 g/mol. The van der Waals surface area contributed by atoms with Crippen LogP contribution >= 0.6 is 15.9 Å². The normalized spacial score (nSPS) is 13.2. The van der Waals surface area contributed by atoms with Crippen LogP contribution in [-0.2, 0) is 13.0 Å². The molecule has 1 aromatic heterocycles. The minimum Gasteiger partial charge on any atom is -0.493 e. The Balaban J connectivity index is 2.03. The lowest BCUT2D eigenvalue weighted by Gasteiger charge is -2.23. The van der Waals surface area contributed by atoms with Gasteiger partial charge in [0.05, 0.1) is 6.61 Å². The van der Waals surface area contributed by atoms with E-state index in [0.717, 1.165) is 28.6 Å². The van der Waals surface area contributed by atoms with E-state index >= 15 is 0 Å². The predicted molar refractivity (Wildman–Crippen MR) is 102 cm³/mol. The number of benzene rings is 1. The Labute approximate surface area is 155 Å². The number of anilines is 1. The number of nitrogens with one attached hydrogen (secondary N) is 1. The molecule has 132 valence electrons. The van der Waals surface area contributed by atoms with Crippen LogP contribution in [0.1, 0.15) is 41.4 Å². The van der Waals surface area contributed by atoms with E-state index in [0.29, 0.717) is 36.6 Å². The zero-order valence-electron chi connectivity index (χ0n) is 14.4. The zero-order chi connectivity index (χ0) is 18.0. The third kappa shape index (κ3) is 3.63. The van der Waals surface area contributed by atoms with Gasteiger partial charge in [0.15, 0.2) is 0 Å². The minimum absolute atomic E-state index is 0.103. The molecule has 6 heteroatoms. The maximum Gasteiger partial charge on any atom is 0.261 e. The molecule has 0 bridgehead atoms. The first kappa shape index (κ1) is 17.7. The van der Waals surface area contributed by atoms with E-state index in [2.05, 4.69) is 21.2 Å². The Hall–Kier alpha value is -2.08. The van der Waals surface area contributed by atoms with E-state index in [1.165, 1.54) is 6.07 Å². The van der Waals surface area contributed by atoms with Crippen LogP contribution in [0.25, 0.3) is 0 Å². The summed E-state index contributed by atoms with van der Waals surface area (Å²) in [7, 11) is 0. The molecule has 1 aliphatic heterocycles. The zero-order valence-corrected chi connectivity index (χ0v) is 16.0. The van der Waals surface area contributed by atoms with E-state index in [4.69, 9.17) is 4.74 Å². The summed E-state index contributed by atoms with van der Waals surface area (Å²) in [4.78, 5) is 25.3. The Kier molecular flexibility index (Phi) is 5.27. The van der Waals surface area contributed by atoms with Crippen LogP contribution in [0.2, 0.25) is 0 Å². The number of fused-ring (bicyclic) bond motifs is 1. The lowest BCUT2D eigenvalue weighted by Crippen LogP contribution is -2.31. The highest BCUT2D eigenvalue weighted by Crippen LogP contribution is 2.27. The molecule has 1 aliphatic rings. The molecule has 0 atom stereocenters. The van der Waals surface area contributed by atoms with Gasteiger partial charge < -0.3 is 14.6 Å². The fourth-order valence-corrected chi connectivity index (χ4v) is 3.41. The summed E-state index contributed by atoms with van der Waals surface area (Å²) in [5.41, 5.74) is 2.90. The molecule has 0 saturated carbocycles. The fraction of sp³-hybridized carbons (Fsp3) is 0.368. The van der Waals surface area contributed by atoms with Crippen LogP contribution in [-0.4, -0.2) is 17.1 Å². The van der Waals surface area contributed by atoms with Gasteiger partial charge in [-0.3, -0.25) is 9.59 Å². The summed E-state index contributed by atoms with van der Waals surface area (Å²) in [6.07, 6.45) is 2.62. The average Bonchev–Trinajstić information content (AvgIpc) is 2.59. The van der Waals surface area contributed by atoms with Crippen molar-refractivity contribution in [1.29, 1.82) is 0 Å². The maximum absolute atomic E-state index is 13.0. The molecule has 2 heterocycles. The Bertz CT molecular complexity index is 874. The summed E-state index contributed by atoms with van der Waals surface area (Å²) in [5, 5.41) is 2.94. The van der Waals surface area contributed by atoms with Gasteiger partial charge in [-0.15, -0.1) is 0 Å². The molecular formula is C19H21BrN2O3. The van der Waals surface area contributed by atoms with Crippen molar-refractivity contribution in [3.63, 3.8) is 0 Å². The van der Waals surface area contributed by atoms with Crippen molar-refractivity contribution in [3.8, 4) is 5.75 Å². The topological polar surface area (TPSA) is 60.3 Å². The number of pyridine rings is 1. The van der Waals surface area contributed by atoms with E-state index in [1.807, 2.05) is 32.0 Å². The van der Waals surface area contributed by atoms with Gasteiger partial charge in [0.1, 0.15) is 11.3 Å². The smallest absolute Gasteiger partial charge is 0.261 e. The van der Waals surface area contributed by atoms with Gasteiger partial charge in [0.25, 0.3) is 11.5 Å². The second kappa shape index (κ2) is 7.44. The standard InChI is InChI=1S/C19H21BrN2O3/c1-3-25-16-11-17(23)22-9-5-4-6-15(22)18(16)19(24)21-13-7-8-14(20)12(2)10-13/h7-8,10-11H,3-6,9H2,1-2H3,(H,21,24). The summed E-state index contributed by atoms with van der Waals surface area (Å²) >= 11 is 3.46. The number of ether oxygens (including phenoxy) is 1. The number of rotatable bonds is 4. The molecule has 1 amide bonds. The van der Waals surface area contributed by atoms with Gasteiger partial charge in [-0.1, -0.05) is 15.9 Å². The van der Waals surface area contributed by atoms with Crippen LogP contribution in [0.3, 0.4) is 0 Å². The van der Waals surface area contributed by atoms with Crippen molar-refractivity contribution in [2.45, 2.75) is 39.7 Å². The number of carbonyl (C=O) groups is 1. The van der Waals surface area contributed by atoms with Gasteiger partial charge in [-0.25, -0.2) is 0 Å². The van der Waals surface area contributed by atoms with Gasteiger partial charge in [-0.05, 0) is 56.9 Å². The number of hydrogen-bond acceptors (Lipinski definition) is 3. The third-order valence-corrected chi connectivity index (χ3v) is 5.26. The summed E-state index contributed by atoms with van der Waals surface area (Å²) in [6, 6.07) is 7.08. The van der Waals surface area contributed by atoms with E-state index in [1.54, 1.807) is 4.57 Å². The lowest BCUT2D eigenvalue weighted by atomic mass is 10.0. The van der Waals surface area contributed by atoms with Crippen molar-refractivity contribution in [3.05, 3.63) is 55.9 Å². The lowest BCUT2D eigenvalue weighted by molar-refractivity contribution is 0.102. The van der Waals surface area contributed by atoms with Crippen LogP contribution in [0.4, 0.5) is 5.69 Å². The Morgan fingerprint density at radius 3 is 2.84 bits per heavy atom. The summed E-state index contributed by atoms with van der Waals surface area (Å²) in [6.45, 7) is 4.87. The number of amides is 1. The fourth-order valence-electron chi connectivity index (χ4n) is 3.17. The maximum atomic E-state index is 13.0. The van der Waals surface area contributed by atoms with Crippen LogP contribution < -0.4 is 15.6 Å². The molecule has 0 saturated heterocycles. The van der Waals surface area contributed by atoms with Gasteiger partial charge in [-0.2, -0.15) is 0 Å². The number of nitrogens with zero attached hydrogens (tertiary/aromatic N) is 1. The second-order valence-electron chi connectivity index (χ2n) is 6.13. The van der Waals surface area contributed by atoms with Crippen molar-refractivity contribution in [2.75, 3.05) is 11.9 Å². The molecule has 0 radical (unpaired) electrons. The molecule has 0 aliphatic carbocycles. The molecule has 1 N–H and O–H groups in total. The van der Waals surface area contributed by atoms with E-state index in [-0.39, 0.29) is 11.5 Å². The molecular weight excluding hydrogens is 384 g/mol. The predicted octanol–water partition coefficient (Wildman–Crippen LogP) is 3.91. The van der Waals surface area contributed by atoms with Crippen molar-refractivity contribution in [1.82, 2.24) is 4.57 Å². The monoisotopic (exact) mass is 404 g/mol. The van der Waals surface area contributed by atoms with E-state index < -0.39 is 0 Å². The van der Waals surface area contributed by atoms with Crippen LogP contribution in [0, 0.1) is 6.92 Å². The quantitative estimate of drug-likeness (QED) is 0.839. The molecule has 5 nitrogen and oxygen atoms in total. The van der Waals surface area contributed by atoms with E-state index in [9.17, 15) is 9.59 Å². The van der Waals surface area contributed by atoms with Crippen molar-refractivity contribution < 1.29 is 9.53 Å². The summed E-state index contributed by atoms with van der Waals surface area (Å²) in [5.74, 6) is 0.128. The molecule has 0 fully saturated rings. The van der Waals surface area contributed by atoms with Crippen molar-refractivity contribution in [2.24, 2.45) is 0 Å². The third-order valence-electron chi connectivity index (χ3n) is 4.37. The largest absolute Gasteiger partial charge is 0.493 e. The Morgan fingerprint density at radius 2 is 2.12 bits per heavy atom. The van der Waals surface area contributed by atoms with Gasteiger partial charge in [0, 0.05) is 28.5 Å². The molecule has 0 spiro atoms. The highest BCUT2D eigenvalue weighted by atomic mass is 79.9.